The van der Waals surface area contributed by atoms with Gasteiger partial charge >= 0.3 is 0 Å². The summed E-state index contributed by atoms with van der Waals surface area (Å²) in [6, 6.07) is 9.11. The van der Waals surface area contributed by atoms with Crippen LogP contribution in [0.15, 0.2) is 36.4 Å². The summed E-state index contributed by atoms with van der Waals surface area (Å²) in [5, 5.41) is 0. The molecular formula is C14H13F2N. The van der Waals surface area contributed by atoms with Gasteiger partial charge in [0.15, 0.2) is 0 Å². The molecule has 0 aromatic heterocycles. The molecule has 2 N–H and O–H groups in total. The Labute approximate surface area is 98.9 Å². The van der Waals surface area contributed by atoms with Crippen LogP contribution in [0.5, 0.6) is 0 Å². The van der Waals surface area contributed by atoms with Gasteiger partial charge in [-0.1, -0.05) is 12.1 Å². The highest BCUT2D eigenvalue weighted by atomic mass is 19.1. The minimum absolute atomic E-state index is 0.225. The highest BCUT2D eigenvalue weighted by Gasteiger charge is 2.07. The molecular weight excluding hydrogens is 220 g/mol. The lowest BCUT2D eigenvalue weighted by molar-refractivity contribution is 0.625. The summed E-state index contributed by atoms with van der Waals surface area (Å²) in [6.07, 6.45) is 0. The van der Waals surface area contributed by atoms with Gasteiger partial charge in [0, 0.05) is 6.54 Å². The largest absolute Gasteiger partial charge is 0.326 e. The summed E-state index contributed by atoms with van der Waals surface area (Å²) in [7, 11) is 0. The van der Waals surface area contributed by atoms with Crippen molar-refractivity contribution in [1.82, 2.24) is 0 Å². The maximum atomic E-state index is 13.3. The summed E-state index contributed by atoms with van der Waals surface area (Å²) in [4.78, 5) is 0. The van der Waals surface area contributed by atoms with Crippen LogP contribution in [0.3, 0.4) is 0 Å². The lowest BCUT2D eigenvalue weighted by Gasteiger charge is -2.09. The molecule has 0 atom stereocenters. The van der Waals surface area contributed by atoms with E-state index in [9.17, 15) is 8.78 Å². The first-order valence-corrected chi connectivity index (χ1v) is 5.36. The Morgan fingerprint density at radius 3 is 2.41 bits per heavy atom. The van der Waals surface area contributed by atoms with Gasteiger partial charge in [-0.15, -0.1) is 0 Å². The molecule has 2 aromatic carbocycles. The van der Waals surface area contributed by atoms with E-state index in [0.29, 0.717) is 5.56 Å². The molecule has 2 aromatic rings. The van der Waals surface area contributed by atoms with Crippen LogP contribution < -0.4 is 5.73 Å². The van der Waals surface area contributed by atoms with Crippen LogP contribution in [0.2, 0.25) is 0 Å². The molecule has 0 aliphatic heterocycles. The second-order valence-electron chi connectivity index (χ2n) is 4.02. The molecule has 0 aliphatic carbocycles. The summed E-state index contributed by atoms with van der Waals surface area (Å²) in [5.41, 5.74) is 8.57. The maximum Gasteiger partial charge on any atom is 0.124 e. The maximum absolute atomic E-state index is 13.3. The minimum atomic E-state index is -0.331. The number of hydrogen-bond donors (Lipinski definition) is 1. The fourth-order valence-corrected chi connectivity index (χ4v) is 1.90. The van der Waals surface area contributed by atoms with Gasteiger partial charge in [0.2, 0.25) is 0 Å². The zero-order valence-electron chi connectivity index (χ0n) is 9.50. The Morgan fingerprint density at radius 1 is 1.00 bits per heavy atom. The molecule has 0 saturated carbocycles. The molecule has 17 heavy (non-hydrogen) atoms. The predicted octanol–water partition coefficient (Wildman–Crippen LogP) is 3.40. The molecule has 0 radical (unpaired) electrons. The average molecular weight is 233 g/mol. The third-order valence-electron chi connectivity index (χ3n) is 2.64. The van der Waals surface area contributed by atoms with Gasteiger partial charge in [-0.25, -0.2) is 8.78 Å². The quantitative estimate of drug-likeness (QED) is 0.845. The van der Waals surface area contributed by atoms with Gasteiger partial charge in [-0.05, 0) is 53.4 Å². The Bertz CT molecular complexity index is 530. The van der Waals surface area contributed by atoms with Gasteiger partial charge in [0.05, 0.1) is 0 Å². The van der Waals surface area contributed by atoms with E-state index in [2.05, 4.69) is 0 Å². The summed E-state index contributed by atoms with van der Waals surface area (Å²) in [5.74, 6) is -0.630. The van der Waals surface area contributed by atoms with E-state index in [-0.39, 0.29) is 18.2 Å². The van der Waals surface area contributed by atoms with Gasteiger partial charge in [0.1, 0.15) is 11.6 Å². The Hall–Kier alpha value is -1.74. The van der Waals surface area contributed by atoms with Gasteiger partial charge in [-0.3, -0.25) is 0 Å². The SMILES string of the molecule is Cc1cc(F)cc(-c2ccc(F)cc2CN)c1. The average Bonchev–Trinajstić information content (AvgIpc) is 2.27. The number of halogens is 2. The molecule has 0 heterocycles. The van der Waals surface area contributed by atoms with Crippen molar-refractivity contribution in [1.29, 1.82) is 0 Å². The van der Waals surface area contributed by atoms with Crippen molar-refractivity contribution in [2.24, 2.45) is 5.73 Å². The lowest BCUT2D eigenvalue weighted by atomic mass is 9.98. The molecule has 0 unspecified atom stereocenters. The minimum Gasteiger partial charge on any atom is -0.326 e. The summed E-state index contributed by atoms with van der Waals surface area (Å²) >= 11 is 0. The monoisotopic (exact) mass is 233 g/mol. The van der Waals surface area contributed by atoms with Crippen molar-refractivity contribution >= 4 is 0 Å². The van der Waals surface area contributed by atoms with Crippen LogP contribution in [0.1, 0.15) is 11.1 Å². The van der Waals surface area contributed by atoms with E-state index in [1.807, 2.05) is 13.0 Å². The normalized spacial score (nSPS) is 10.6. The standard InChI is InChI=1S/C14H13F2N/c1-9-4-10(6-13(16)5-9)14-3-2-12(15)7-11(14)8-17/h2-7H,8,17H2,1H3. The third kappa shape index (κ3) is 2.50. The van der Waals surface area contributed by atoms with E-state index < -0.39 is 0 Å². The number of benzene rings is 2. The van der Waals surface area contributed by atoms with Gasteiger partial charge < -0.3 is 5.73 Å². The van der Waals surface area contributed by atoms with E-state index in [4.69, 9.17) is 5.73 Å². The topological polar surface area (TPSA) is 26.0 Å². The molecule has 0 saturated heterocycles. The molecule has 88 valence electrons. The fourth-order valence-electron chi connectivity index (χ4n) is 1.90. The highest BCUT2D eigenvalue weighted by molar-refractivity contribution is 5.68. The number of aryl methyl sites for hydroxylation is 1. The van der Waals surface area contributed by atoms with E-state index in [0.717, 1.165) is 16.7 Å². The molecule has 0 fully saturated rings. The van der Waals surface area contributed by atoms with E-state index >= 15 is 0 Å². The Balaban J connectivity index is 2.59. The molecule has 0 spiro atoms. The van der Waals surface area contributed by atoms with Crippen LogP contribution in [-0.4, -0.2) is 0 Å². The smallest absolute Gasteiger partial charge is 0.124 e. The van der Waals surface area contributed by atoms with Crippen LogP contribution >= 0.6 is 0 Å². The molecule has 1 nitrogen and oxygen atoms in total. The summed E-state index contributed by atoms with van der Waals surface area (Å²) < 4.78 is 26.4. The zero-order valence-corrected chi connectivity index (χ0v) is 9.50. The highest BCUT2D eigenvalue weighted by Crippen LogP contribution is 2.26. The summed E-state index contributed by atoms with van der Waals surface area (Å²) in [6.45, 7) is 2.04. The molecule has 0 bridgehead atoms. The Kier molecular flexibility index (Phi) is 3.20. The first-order valence-electron chi connectivity index (χ1n) is 5.36. The second-order valence-corrected chi connectivity index (χ2v) is 4.02. The van der Waals surface area contributed by atoms with Gasteiger partial charge in [-0.2, -0.15) is 0 Å². The van der Waals surface area contributed by atoms with Crippen LogP contribution in [0.25, 0.3) is 11.1 Å². The molecule has 0 amide bonds. The van der Waals surface area contributed by atoms with Crippen molar-refractivity contribution in [2.75, 3.05) is 0 Å². The first kappa shape index (κ1) is 11.7. The van der Waals surface area contributed by atoms with Crippen molar-refractivity contribution in [3.63, 3.8) is 0 Å². The van der Waals surface area contributed by atoms with Crippen molar-refractivity contribution in [3.05, 3.63) is 59.2 Å². The van der Waals surface area contributed by atoms with Crippen molar-refractivity contribution in [3.8, 4) is 11.1 Å². The van der Waals surface area contributed by atoms with Crippen LogP contribution in [0.4, 0.5) is 8.78 Å². The van der Waals surface area contributed by atoms with Gasteiger partial charge in [0.25, 0.3) is 0 Å². The van der Waals surface area contributed by atoms with Crippen LogP contribution in [-0.2, 0) is 6.54 Å². The number of nitrogens with two attached hydrogens (primary N) is 1. The predicted molar refractivity (Wildman–Crippen MR) is 64.4 cm³/mol. The van der Waals surface area contributed by atoms with E-state index in [1.165, 1.54) is 24.3 Å². The lowest BCUT2D eigenvalue weighted by Crippen LogP contribution is -2.00. The van der Waals surface area contributed by atoms with Crippen molar-refractivity contribution in [2.45, 2.75) is 13.5 Å². The third-order valence-corrected chi connectivity index (χ3v) is 2.64. The fraction of sp³-hybridized carbons (Fsp3) is 0.143. The molecule has 2 rings (SSSR count). The first-order chi connectivity index (χ1) is 8.10. The van der Waals surface area contributed by atoms with Crippen LogP contribution in [0, 0.1) is 18.6 Å². The zero-order chi connectivity index (χ0) is 12.4. The Morgan fingerprint density at radius 2 is 1.76 bits per heavy atom. The molecule has 0 aliphatic rings. The van der Waals surface area contributed by atoms with Crippen molar-refractivity contribution < 1.29 is 8.78 Å². The number of hydrogen-bond acceptors (Lipinski definition) is 1. The molecule has 3 heteroatoms. The number of rotatable bonds is 2. The van der Waals surface area contributed by atoms with E-state index in [1.54, 1.807) is 6.07 Å². The second kappa shape index (κ2) is 4.63.